The standard InChI is InChI=1S/2C8H7ClO3/c2*9-6-3-1-2-5(4-6)7(10)8(11)12/h2*1-4,7,10H,(H,11,12)/t2*7-/m00/s1. The molecule has 0 saturated carbocycles. The maximum atomic E-state index is 10.3. The number of aliphatic carboxylic acids is 2. The van der Waals surface area contributed by atoms with Gasteiger partial charge in [-0.15, -0.1) is 0 Å². The minimum atomic E-state index is -1.50. The van der Waals surface area contributed by atoms with Gasteiger partial charge in [0.25, 0.3) is 0 Å². The molecule has 0 aromatic heterocycles. The number of carbonyl (C=O) groups is 2. The van der Waals surface area contributed by atoms with Crippen molar-refractivity contribution in [3.63, 3.8) is 0 Å². The van der Waals surface area contributed by atoms with Crippen molar-refractivity contribution in [3.05, 3.63) is 69.7 Å². The third-order valence-corrected chi connectivity index (χ3v) is 3.27. The molecule has 0 bridgehead atoms. The molecule has 128 valence electrons. The van der Waals surface area contributed by atoms with Crippen LogP contribution in [-0.2, 0) is 9.59 Å². The molecule has 2 atom stereocenters. The average molecular weight is 373 g/mol. The Morgan fingerprint density at radius 3 is 1.33 bits per heavy atom. The molecule has 0 aliphatic heterocycles. The number of carboxylic acid groups (broad SMARTS) is 2. The van der Waals surface area contributed by atoms with Crippen LogP contribution in [0.4, 0.5) is 0 Å². The van der Waals surface area contributed by atoms with Gasteiger partial charge < -0.3 is 20.4 Å². The average Bonchev–Trinajstić information content (AvgIpc) is 2.53. The molecule has 0 unspecified atom stereocenters. The zero-order valence-corrected chi connectivity index (χ0v) is 13.6. The predicted octanol–water partition coefficient (Wildman–Crippen LogP) is 2.92. The van der Waals surface area contributed by atoms with Crippen LogP contribution in [0, 0.1) is 0 Å². The molecule has 4 N–H and O–H groups in total. The summed E-state index contributed by atoms with van der Waals surface area (Å²) in [7, 11) is 0. The van der Waals surface area contributed by atoms with E-state index in [0.29, 0.717) is 10.0 Å². The number of hydrogen-bond acceptors (Lipinski definition) is 4. The van der Waals surface area contributed by atoms with E-state index >= 15 is 0 Å². The van der Waals surface area contributed by atoms with Gasteiger partial charge in [-0.3, -0.25) is 0 Å². The number of benzene rings is 2. The maximum absolute atomic E-state index is 10.3. The molecule has 2 rings (SSSR count). The van der Waals surface area contributed by atoms with Crippen molar-refractivity contribution in [3.8, 4) is 0 Å². The van der Waals surface area contributed by atoms with E-state index in [4.69, 9.17) is 43.6 Å². The topological polar surface area (TPSA) is 115 Å². The lowest BCUT2D eigenvalue weighted by Gasteiger charge is -2.04. The molecule has 2 aromatic rings. The van der Waals surface area contributed by atoms with E-state index in [1.54, 1.807) is 24.3 Å². The Hall–Kier alpha value is -2.12. The lowest BCUT2D eigenvalue weighted by atomic mass is 10.1. The summed E-state index contributed by atoms with van der Waals surface area (Å²) >= 11 is 11.2. The summed E-state index contributed by atoms with van der Waals surface area (Å²) in [5, 5.41) is 35.8. The lowest BCUT2D eigenvalue weighted by molar-refractivity contribution is -0.147. The van der Waals surface area contributed by atoms with E-state index in [-0.39, 0.29) is 11.1 Å². The smallest absolute Gasteiger partial charge is 0.337 e. The number of aliphatic hydroxyl groups is 2. The number of halogens is 2. The minimum Gasteiger partial charge on any atom is -0.479 e. The zero-order chi connectivity index (χ0) is 18.3. The summed E-state index contributed by atoms with van der Waals surface area (Å²) in [5.41, 5.74) is 0.574. The van der Waals surface area contributed by atoms with Crippen LogP contribution in [0.5, 0.6) is 0 Å². The van der Waals surface area contributed by atoms with Crippen LogP contribution in [0.15, 0.2) is 48.5 Å². The molecule has 24 heavy (non-hydrogen) atoms. The molecule has 6 nitrogen and oxygen atoms in total. The van der Waals surface area contributed by atoms with E-state index < -0.39 is 24.1 Å². The molecule has 2 aromatic carbocycles. The van der Waals surface area contributed by atoms with Crippen LogP contribution in [0.3, 0.4) is 0 Å². The van der Waals surface area contributed by atoms with Gasteiger partial charge in [0.1, 0.15) is 0 Å². The van der Waals surface area contributed by atoms with Crippen molar-refractivity contribution >= 4 is 35.1 Å². The Labute approximate surface area is 147 Å². The fraction of sp³-hybridized carbons (Fsp3) is 0.125. The highest BCUT2D eigenvalue weighted by atomic mass is 35.5. The van der Waals surface area contributed by atoms with Crippen molar-refractivity contribution in [2.75, 3.05) is 0 Å². The first-order valence-electron chi connectivity index (χ1n) is 6.55. The fourth-order valence-corrected chi connectivity index (χ4v) is 2.04. The molecule has 0 amide bonds. The summed E-state index contributed by atoms with van der Waals surface area (Å²) in [6.45, 7) is 0. The Morgan fingerprint density at radius 1 is 0.750 bits per heavy atom. The van der Waals surface area contributed by atoms with Gasteiger partial charge in [0.15, 0.2) is 12.2 Å². The molecule has 8 heteroatoms. The van der Waals surface area contributed by atoms with Gasteiger partial charge in [0.05, 0.1) is 0 Å². The van der Waals surface area contributed by atoms with Crippen LogP contribution in [-0.4, -0.2) is 32.4 Å². The Kier molecular flexibility index (Phi) is 7.67. The van der Waals surface area contributed by atoms with E-state index in [2.05, 4.69) is 0 Å². The van der Waals surface area contributed by atoms with Crippen molar-refractivity contribution in [1.29, 1.82) is 0 Å². The Bertz CT molecular complexity index is 658. The first kappa shape index (κ1) is 19.9. The van der Waals surface area contributed by atoms with Crippen LogP contribution in [0.25, 0.3) is 0 Å². The fourth-order valence-electron chi connectivity index (χ4n) is 1.64. The van der Waals surface area contributed by atoms with E-state index in [9.17, 15) is 9.59 Å². The summed E-state index contributed by atoms with van der Waals surface area (Å²) in [4.78, 5) is 20.6. The normalized spacial score (nSPS) is 12.5. The number of carboxylic acids is 2. The lowest BCUT2D eigenvalue weighted by Crippen LogP contribution is -2.09. The molecule has 0 spiro atoms. The summed E-state index contributed by atoms with van der Waals surface area (Å²) < 4.78 is 0. The van der Waals surface area contributed by atoms with Crippen LogP contribution < -0.4 is 0 Å². The van der Waals surface area contributed by atoms with Gasteiger partial charge in [-0.1, -0.05) is 47.5 Å². The molecule has 0 aliphatic carbocycles. The molecule has 0 fully saturated rings. The molecule has 0 heterocycles. The highest BCUT2D eigenvalue weighted by Gasteiger charge is 2.15. The molecular formula is C16H14Cl2O6. The molecule has 0 aliphatic rings. The second kappa shape index (κ2) is 9.24. The Balaban J connectivity index is 0.000000240. The van der Waals surface area contributed by atoms with Gasteiger partial charge >= 0.3 is 11.9 Å². The van der Waals surface area contributed by atoms with Gasteiger partial charge in [-0.25, -0.2) is 9.59 Å². The number of hydrogen-bond donors (Lipinski definition) is 4. The zero-order valence-electron chi connectivity index (χ0n) is 12.1. The van der Waals surface area contributed by atoms with Gasteiger partial charge in [-0.2, -0.15) is 0 Å². The number of rotatable bonds is 4. The Morgan fingerprint density at radius 2 is 1.08 bits per heavy atom. The van der Waals surface area contributed by atoms with Crippen LogP contribution >= 0.6 is 23.2 Å². The van der Waals surface area contributed by atoms with Crippen molar-refractivity contribution in [2.45, 2.75) is 12.2 Å². The second-order valence-electron chi connectivity index (χ2n) is 4.59. The summed E-state index contributed by atoms with van der Waals surface area (Å²) in [5.74, 6) is -2.56. The quantitative estimate of drug-likeness (QED) is 0.655. The largest absolute Gasteiger partial charge is 0.479 e. The van der Waals surface area contributed by atoms with Crippen molar-refractivity contribution in [1.82, 2.24) is 0 Å². The second-order valence-corrected chi connectivity index (χ2v) is 5.46. The third-order valence-electron chi connectivity index (χ3n) is 2.80. The van der Waals surface area contributed by atoms with Crippen LogP contribution in [0.1, 0.15) is 23.3 Å². The van der Waals surface area contributed by atoms with E-state index in [0.717, 1.165) is 0 Å². The first-order valence-corrected chi connectivity index (χ1v) is 7.30. The van der Waals surface area contributed by atoms with Gasteiger partial charge in [-0.05, 0) is 35.4 Å². The molecule has 0 radical (unpaired) electrons. The summed E-state index contributed by atoms with van der Waals surface area (Å²) in [6, 6.07) is 12.2. The van der Waals surface area contributed by atoms with Crippen molar-refractivity contribution in [2.24, 2.45) is 0 Å². The van der Waals surface area contributed by atoms with Crippen LogP contribution in [0.2, 0.25) is 10.0 Å². The molecular weight excluding hydrogens is 359 g/mol. The highest BCUT2D eigenvalue weighted by Crippen LogP contribution is 2.18. The van der Waals surface area contributed by atoms with Gasteiger partial charge in [0.2, 0.25) is 0 Å². The van der Waals surface area contributed by atoms with Gasteiger partial charge in [0, 0.05) is 10.0 Å². The van der Waals surface area contributed by atoms with E-state index in [1.807, 2.05) is 0 Å². The third kappa shape index (κ3) is 6.17. The highest BCUT2D eigenvalue weighted by molar-refractivity contribution is 6.30. The SMILES string of the molecule is O=C(O)[C@@H](O)c1cccc(Cl)c1.O=C(O)[C@@H](O)c1cccc(Cl)c1. The first-order chi connectivity index (χ1) is 11.2. The molecule has 0 saturated heterocycles. The van der Waals surface area contributed by atoms with E-state index in [1.165, 1.54) is 24.3 Å². The maximum Gasteiger partial charge on any atom is 0.337 e. The summed E-state index contributed by atoms with van der Waals surface area (Å²) in [6.07, 6.45) is -2.99. The minimum absolute atomic E-state index is 0.287. The number of aliphatic hydroxyl groups excluding tert-OH is 2. The predicted molar refractivity (Wildman–Crippen MR) is 88.1 cm³/mol. The monoisotopic (exact) mass is 372 g/mol. The van der Waals surface area contributed by atoms with Crippen molar-refractivity contribution < 1.29 is 30.0 Å².